The summed E-state index contributed by atoms with van der Waals surface area (Å²) in [6.45, 7) is 1.31. The Morgan fingerprint density at radius 1 is 1.29 bits per heavy atom. The van der Waals surface area contributed by atoms with Crippen LogP contribution in [0.3, 0.4) is 0 Å². The smallest absolute Gasteiger partial charge is 0.161 e. The van der Waals surface area contributed by atoms with Gasteiger partial charge in [-0.1, -0.05) is 6.07 Å². The van der Waals surface area contributed by atoms with Crippen LogP contribution in [0.1, 0.15) is 23.6 Å². The molecule has 1 aromatic carbocycles. The van der Waals surface area contributed by atoms with Crippen LogP contribution in [0.25, 0.3) is 0 Å². The van der Waals surface area contributed by atoms with Crippen molar-refractivity contribution in [2.24, 2.45) is 12.9 Å². The molecule has 7 heteroatoms. The Morgan fingerprint density at radius 2 is 2.05 bits per heavy atom. The number of rotatable bonds is 3. The van der Waals surface area contributed by atoms with Gasteiger partial charge in [-0.2, -0.15) is 5.10 Å². The van der Waals surface area contributed by atoms with Crippen molar-refractivity contribution in [3.8, 4) is 11.5 Å². The molecule has 7 nitrogen and oxygen atoms in total. The predicted octanol–water partition coefficient (Wildman–Crippen LogP) is 0.716. The molecule has 0 amide bonds. The molecule has 21 heavy (non-hydrogen) atoms. The van der Waals surface area contributed by atoms with Crippen LogP contribution in [-0.4, -0.2) is 23.0 Å². The second-order valence-electron chi connectivity index (χ2n) is 4.97. The van der Waals surface area contributed by atoms with E-state index in [0.717, 1.165) is 29.0 Å². The van der Waals surface area contributed by atoms with Gasteiger partial charge in [-0.05, 0) is 17.7 Å². The van der Waals surface area contributed by atoms with Gasteiger partial charge in [0, 0.05) is 19.0 Å². The molecule has 1 atom stereocenters. The minimum absolute atomic E-state index is 0.254. The summed E-state index contributed by atoms with van der Waals surface area (Å²) < 4.78 is 13.0. The van der Waals surface area contributed by atoms with E-state index < -0.39 is 0 Å². The number of nitrogen functional groups attached to an aromatic ring is 1. The maximum atomic E-state index is 6.03. The van der Waals surface area contributed by atoms with Crippen molar-refractivity contribution in [2.45, 2.75) is 12.5 Å². The lowest BCUT2D eigenvalue weighted by molar-refractivity contribution is 0.297. The summed E-state index contributed by atoms with van der Waals surface area (Å²) in [5.41, 5.74) is 10.6. The largest absolute Gasteiger partial charge is 0.490 e. The zero-order valence-electron chi connectivity index (χ0n) is 11.9. The zero-order chi connectivity index (χ0) is 14.8. The summed E-state index contributed by atoms with van der Waals surface area (Å²) in [7, 11) is 1.79. The van der Waals surface area contributed by atoms with Crippen LogP contribution in [0.4, 0.5) is 5.82 Å². The monoisotopic (exact) mass is 289 g/mol. The van der Waals surface area contributed by atoms with E-state index in [1.54, 1.807) is 17.9 Å². The second kappa shape index (κ2) is 5.63. The van der Waals surface area contributed by atoms with Crippen LogP contribution in [0.5, 0.6) is 11.5 Å². The Kier molecular flexibility index (Phi) is 3.68. The Morgan fingerprint density at radius 3 is 2.71 bits per heavy atom. The van der Waals surface area contributed by atoms with Crippen molar-refractivity contribution >= 4 is 5.82 Å². The molecule has 1 aliphatic heterocycles. The summed E-state index contributed by atoms with van der Waals surface area (Å²) in [4.78, 5) is 0. The molecule has 0 saturated heterocycles. The van der Waals surface area contributed by atoms with Gasteiger partial charge in [0.15, 0.2) is 11.5 Å². The lowest BCUT2D eigenvalue weighted by Gasteiger charge is -2.17. The van der Waals surface area contributed by atoms with Crippen molar-refractivity contribution in [3.63, 3.8) is 0 Å². The first-order chi connectivity index (χ1) is 10.2. The van der Waals surface area contributed by atoms with Crippen molar-refractivity contribution in [1.82, 2.24) is 15.2 Å². The minimum atomic E-state index is -0.254. The molecule has 1 unspecified atom stereocenters. The fourth-order valence-corrected chi connectivity index (χ4v) is 2.41. The number of hydrazine groups is 1. The van der Waals surface area contributed by atoms with Gasteiger partial charge in [0.2, 0.25) is 0 Å². The first-order valence-electron chi connectivity index (χ1n) is 6.83. The Hall–Kier alpha value is -2.25. The number of nitrogens with two attached hydrogens (primary N) is 2. The van der Waals surface area contributed by atoms with Gasteiger partial charge in [-0.3, -0.25) is 10.5 Å². The lowest BCUT2D eigenvalue weighted by atomic mass is 10.0. The Labute approximate surface area is 122 Å². The molecular formula is C14H19N5O2. The third-order valence-electron chi connectivity index (χ3n) is 3.60. The van der Waals surface area contributed by atoms with E-state index in [4.69, 9.17) is 21.1 Å². The standard InChI is InChI=1S/C14H19N5O2/c1-19-14(15)10(8-17-19)13(18-16)9-3-4-11-12(7-9)21-6-2-5-20-11/h3-4,7-8,13,18H,2,5-6,15-16H2,1H3. The third kappa shape index (κ3) is 2.53. The highest BCUT2D eigenvalue weighted by Crippen LogP contribution is 2.34. The molecule has 1 aromatic heterocycles. The molecule has 112 valence electrons. The van der Waals surface area contributed by atoms with Gasteiger partial charge in [0.1, 0.15) is 5.82 Å². The number of aromatic nitrogens is 2. The molecule has 0 fully saturated rings. The van der Waals surface area contributed by atoms with Crippen LogP contribution < -0.4 is 26.5 Å². The van der Waals surface area contributed by atoms with Crippen LogP contribution in [0, 0.1) is 0 Å². The summed E-state index contributed by atoms with van der Waals surface area (Å²) in [6, 6.07) is 5.52. The maximum Gasteiger partial charge on any atom is 0.161 e. The van der Waals surface area contributed by atoms with E-state index >= 15 is 0 Å². The van der Waals surface area contributed by atoms with E-state index in [1.807, 2.05) is 18.2 Å². The van der Waals surface area contributed by atoms with Gasteiger partial charge in [0.05, 0.1) is 25.5 Å². The van der Waals surface area contributed by atoms with Crippen molar-refractivity contribution in [1.29, 1.82) is 0 Å². The number of ether oxygens (including phenoxy) is 2. The number of benzene rings is 1. The first-order valence-corrected chi connectivity index (χ1v) is 6.83. The van der Waals surface area contributed by atoms with E-state index in [0.29, 0.717) is 19.0 Å². The Bertz CT molecular complexity index is 640. The topological polar surface area (TPSA) is 100 Å². The number of fused-ring (bicyclic) bond motifs is 1. The summed E-state index contributed by atoms with van der Waals surface area (Å²) in [5.74, 6) is 7.77. The summed E-state index contributed by atoms with van der Waals surface area (Å²) in [5, 5.41) is 4.15. The Balaban J connectivity index is 1.98. The van der Waals surface area contributed by atoms with Crippen LogP contribution >= 0.6 is 0 Å². The summed E-state index contributed by atoms with van der Waals surface area (Å²) >= 11 is 0. The molecule has 2 aromatic rings. The predicted molar refractivity (Wildman–Crippen MR) is 78.8 cm³/mol. The van der Waals surface area contributed by atoms with E-state index in [1.165, 1.54) is 0 Å². The van der Waals surface area contributed by atoms with Crippen LogP contribution in [-0.2, 0) is 7.05 Å². The van der Waals surface area contributed by atoms with Gasteiger partial charge in [-0.15, -0.1) is 0 Å². The fraction of sp³-hybridized carbons (Fsp3) is 0.357. The normalized spacial score (nSPS) is 15.5. The number of hydrogen-bond acceptors (Lipinski definition) is 6. The van der Waals surface area contributed by atoms with Crippen molar-refractivity contribution < 1.29 is 9.47 Å². The highest BCUT2D eigenvalue weighted by atomic mass is 16.5. The number of anilines is 1. The molecule has 0 bridgehead atoms. The second-order valence-corrected chi connectivity index (χ2v) is 4.97. The highest BCUT2D eigenvalue weighted by molar-refractivity contribution is 5.50. The SMILES string of the molecule is Cn1ncc(C(NN)c2ccc3c(c2)OCCCO3)c1N. The lowest BCUT2D eigenvalue weighted by Crippen LogP contribution is -2.29. The third-order valence-corrected chi connectivity index (χ3v) is 3.60. The molecule has 2 heterocycles. The van der Waals surface area contributed by atoms with E-state index in [9.17, 15) is 0 Å². The highest BCUT2D eigenvalue weighted by Gasteiger charge is 2.20. The molecule has 0 aliphatic carbocycles. The molecule has 1 aliphatic rings. The average Bonchev–Trinajstić information content (AvgIpc) is 2.71. The average molecular weight is 289 g/mol. The quantitative estimate of drug-likeness (QED) is 0.568. The fourth-order valence-electron chi connectivity index (χ4n) is 2.41. The zero-order valence-corrected chi connectivity index (χ0v) is 11.9. The van der Waals surface area contributed by atoms with E-state index in [2.05, 4.69) is 10.5 Å². The first kappa shape index (κ1) is 13.7. The van der Waals surface area contributed by atoms with Crippen molar-refractivity contribution in [2.75, 3.05) is 18.9 Å². The number of hydrogen-bond donors (Lipinski definition) is 3. The minimum Gasteiger partial charge on any atom is -0.490 e. The molecule has 0 spiro atoms. The van der Waals surface area contributed by atoms with Crippen LogP contribution in [0.2, 0.25) is 0 Å². The molecule has 5 N–H and O–H groups in total. The maximum absolute atomic E-state index is 6.03. The van der Waals surface area contributed by atoms with Crippen LogP contribution in [0.15, 0.2) is 24.4 Å². The number of nitrogens with zero attached hydrogens (tertiary/aromatic N) is 2. The van der Waals surface area contributed by atoms with Gasteiger partial charge < -0.3 is 15.2 Å². The molecule has 0 radical (unpaired) electrons. The van der Waals surface area contributed by atoms with E-state index in [-0.39, 0.29) is 6.04 Å². The van der Waals surface area contributed by atoms with Gasteiger partial charge >= 0.3 is 0 Å². The molecular weight excluding hydrogens is 270 g/mol. The summed E-state index contributed by atoms with van der Waals surface area (Å²) in [6.07, 6.45) is 2.58. The number of aryl methyl sites for hydroxylation is 1. The van der Waals surface area contributed by atoms with Crippen molar-refractivity contribution in [3.05, 3.63) is 35.5 Å². The van der Waals surface area contributed by atoms with Gasteiger partial charge in [-0.25, -0.2) is 5.43 Å². The van der Waals surface area contributed by atoms with Gasteiger partial charge in [0.25, 0.3) is 0 Å². The number of nitrogens with one attached hydrogen (secondary N) is 1. The molecule has 3 rings (SSSR count). The molecule has 0 saturated carbocycles.